The highest BCUT2D eigenvalue weighted by Crippen LogP contribution is 2.36. The third-order valence-electron chi connectivity index (χ3n) is 6.86. The predicted molar refractivity (Wildman–Crippen MR) is 142 cm³/mol. The average Bonchev–Trinajstić information content (AvgIpc) is 3.62. The molecule has 0 radical (unpaired) electrons. The molecule has 2 rings (SSSR count). The molecule has 0 spiro atoms. The van der Waals surface area contributed by atoms with Gasteiger partial charge in [0.25, 0.3) is 5.91 Å². The summed E-state index contributed by atoms with van der Waals surface area (Å²) in [7, 11) is -1.73. The molecule has 0 aliphatic carbocycles. The van der Waals surface area contributed by atoms with Crippen LogP contribution >= 0.6 is 0 Å². The number of ether oxygens (including phenoxy) is 2. The van der Waals surface area contributed by atoms with Crippen molar-refractivity contribution < 1.29 is 28.3 Å². The van der Waals surface area contributed by atoms with E-state index in [9.17, 15) is 14.4 Å². The molecule has 2 N–H and O–H groups in total. The summed E-state index contributed by atoms with van der Waals surface area (Å²) in [6.45, 7) is 14.4. The van der Waals surface area contributed by atoms with Crippen molar-refractivity contribution in [1.82, 2.24) is 10.6 Å². The molecule has 3 atom stereocenters. The Hall–Kier alpha value is -2.23. The summed E-state index contributed by atoms with van der Waals surface area (Å²) < 4.78 is 16.3. The Labute approximate surface area is 217 Å². The van der Waals surface area contributed by atoms with Gasteiger partial charge in [-0.1, -0.05) is 51.1 Å². The Balaban J connectivity index is 1.79. The molecule has 8 nitrogen and oxygen atoms in total. The number of benzene rings is 1. The van der Waals surface area contributed by atoms with Gasteiger partial charge in [-0.3, -0.25) is 9.59 Å². The summed E-state index contributed by atoms with van der Waals surface area (Å²) in [5.41, 5.74) is 1.08. The van der Waals surface area contributed by atoms with Gasteiger partial charge in [0.05, 0.1) is 6.61 Å². The number of unbranched alkanes of at least 4 members (excludes halogenated alkanes) is 2. The molecular weight excluding hydrogens is 476 g/mol. The Kier molecular flexibility index (Phi) is 11.6. The van der Waals surface area contributed by atoms with Crippen molar-refractivity contribution in [2.75, 3.05) is 19.8 Å². The average molecular weight is 521 g/mol. The molecule has 1 aromatic rings. The topological polar surface area (TPSA) is 106 Å². The van der Waals surface area contributed by atoms with E-state index in [0.29, 0.717) is 19.4 Å². The van der Waals surface area contributed by atoms with Crippen molar-refractivity contribution in [3.63, 3.8) is 0 Å². The lowest BCUT2D eigenvalue weighted by Crippen LogP contribution is -2.49. The molecule has 1 aromatic carbocycles. The molecule has 9 heteroatoms. The van der Waals surface area contributed by atoms with Crippen LogP contribution in [0.4, 0.5) is 0 Å². The predicted octanol–water partition coefficient (Wildman–Crippen LogP) is 3.74. The van der Waals surface area contributed by atoms with E-state index in [1.54, 1.807) is 6.92 Å². The van der Waals surface area contributed by atoms with Gasteiger partial charge in [-0.05, 0) is 62.7 Å². The van der Waals surface area contributed by atoms with Crippen LogP contribution in [0.2, 0.25) is 18.1 Å². The number of aryl methyl sites for hydroxylation is 1. The van der Waals surface area contributed by atoms with Gasteiger partial charge in [-0.15, -0.1) is 0 Å². The minimum atomic E-state index is -1.73. The number of rotatable bonds is 15. The summed E-state index contributed by atoms with van der Waals surface area (Å²) in [6, 6.07) is 9.09. The van der Waals surface area contributed by atoms with Gasteiger partial charge in [0.1, 0.15) is 6.04 Å². The number of carbonyl (C=O) groups excluding carboxylic acids is 3. The number of nitrogens with one attached hydrogen (secondary N) is 2. The van der Waals surface area contributed by atoms with Crippen LogP contribution in [0.5, 0.6) is 0 Å². The Morgan fingerprint density at radius 3 is 2.39 bits per heavy atom. The summed E-state index contributed by atoms with van der Waals surface area (Å²) in [5, 5.41) is 5.92. The molecule has 36 heavy (non-hydrogen) atoms. The second-order valence-electron chi connectivity index (χ2n) is 10.8. The number of amides is 2. The van der Waals surface area contributed by atoms with Crippen LogP contribution in [-0.2, 0) is 34.7 Å². The third kappa shape index (κ3) is 9.67. The van der Waals surface area contributed by atoms with Crippen LogP contribution in [0.1, 0.15) is 58.9 Å². The van der Waals surface area contributed by atoms with E-state index in [0.717, 1.165) is 31.4 Å². The van der Waals surface area contributed by atoms with E-state index < -0.39 is 38.4 Å². The van der Waals surface area contributed by atoms with Crippen LogP contribution in [-0.4, -0.2) is 64.1 Å². The fourth-order valence-electron chi connectivity index (χ4n) is 3.48. The lowest BCUT2D eigenvalue weighted by atomic mass is 10.0. The quantitative estimate of drug-likeness (QED) is 0.158. The van der Waals surface area contributed by atoms with Crippen LogP contribution in [0.15, 0.2) is 30.3 Å². The first-order valence-corrected chi connectivity index (χ1v) is 15.9. The van der Waals surface area contributed by atoms with Crippen LogP contribution in [0.25, 0.3) is 0 Å². The Morgan fingerprint density at radius 2 is 1.75 bits per heavy atom. The molecule has 0 unspecified atom stereocenters. The molecule has 1 aliphatic rings. The summed E-state index contributed by atoms with van der Waals surface area (Å²) in [5.74, 6) is -1.25. The minimum Gasteiger partial charge on any atom is -0.464 e. The largest absolute Gasteiger partial charge is 0.464 e. The zero-order chi connectivity index (χ0) is 26.8. The first kappa shape index (κ1) is 30.0. The summed E-state index contributed by atoms with van der Waals surface area (Å²) in [4.78, 5) is 37.3. The monoisotopic (exact) mass is 520 g/mol. The van der Waals surface area contributed by atoms with Gasteiger partial charge in [0.15, 0.2) is 20.5 Å². The van der Waals surface area contributed by atoms with Crippen molar-refractivity contribution in [2.24, 2.45) is 0 Å². The highest BCUT2D eigenvalue weighted by Gasteiger charge is 2.52. The number of esters is 1. The Bertz CT molecular complexity index is 856. The molecule has 202 valence electrons. The maximum Gasteiger partial charge on any atom is 0.338 e. The summed E-state index contributed by atoms with van der Waals surface area (Å²) >= 11 is 0. The first-order chi connectivity index (χ1) is 17.0. The minimum absolute atomic E-state index is 0.196. The van der Waals surface area contributed by atoms with Crippen molar-refractivity contribution in [3.05, 3.63) is 35.9 Å². The fraction of sp³-hybridized carbons (Fsp3) is 0.667. The number of hydrogen-bond donors (Lipinski definition) is 2. The van der Waals surface area contributed by atoms with Crippen molar-refractivity contribution >= 4 is 26.1 Å². The van der Waals surface area contributed by atoms with Gasteiger partial charge in [-0.2, -0.15) is 0 Å². The fourth-order valence-corrected chi connectivity index (χ4v) is 4.56. The normalized spacial score (nSPS) is 18.3. The van der Waals surface area contributed by atoms with E-state index in [2.05, 4.69) is 44.5 Å². The molecule has 0 saturated carbocycles. The van der Waals surface area contributed by atoms with E-state index >= 15 is 0 Å². The van der Waals surface area contributed by atoms with Crippen molar-refractivity contribution in [2.45, 2.75) is 96.2 Å². The Morgan fingerprint density at radius 1 is 1.06 bits per heavy atom. The van der Waals surface area contributed by atoms with Gasteiger partial charge in [0.2, 0.25) is 5.91 Å². The van der Waals surface area contributed by atoms with E-state index in [4.69, 9.17) is 13.9 Å². The molecule has 0 aromatic heterocycles. The molecule has 0 bridgehead atoms. The number of carbonyl (C=O) groups is 3. The maximum atomic E-state index is 12.9. The lowest BCUT2D eigenvalue weighted by Gasteiger charge is -2.36. The summed E-state index contributed by atoms with van der Waals surface area (Å²) in [6.07, 6.45) is 2.02. The van der Waals surface area contributed by atoms with Crippen molar-refractivity contribution in [1.29, 1.82) is 0 Å². The molecule has 2 amide bonds. The smallest absolute Gasteiger partial charge is 0.338 e. The van der Waals surface area contributed by atoms with Crippen LogP contribution in [0.3, 0.4) is 0 Å². The zero-order valence-electron chi connectivity index (χ0n) is 22.7. The number of epoxide rings is 1. The molecular formula is C27H44N2O6Si. The van der Waals surface area contributed by atoms with E-state index in [1.807, 2.05) is 30.3 Å². The molecule has 1 aliphatic heterocycles. The zero-order valence-corrected chi connectivity index (χ0v) is 23.7. The molecule has 1 fully saturated rings. The van der Waals surface area contributed by atoms with E-state index in [-0.39, 0.29) is 17.6 Å². The van der Waals surface area contributed by atoms with Gasteiger partial charge in [0, 0.05) is 13.2 Å². The second kappa shape index (κ2) is 13.9. The standard InChI is InChI=1S/C27H44N2O6Si/c1-7-33-26(32)23-22(35-23)25(31)29-21(17-16-20-14-10-8-11-15-20)24(30)28-18-12-9-13-19-34-36(5,6)27(2,3)4/h8,10-11,14-15,21-23H,7,9,12-13,16-19H2,1-6H3,(H,28,30)(H,29,31)/t21-,22-,23-/m0/s1. The van der Waals surface area contributed by atoms with Gasteiger partial charge in [-0.25, -0.2) is 4.79 Å². The SMILES string of the molecule is CCOC(=O)[C@H]1O[C@@H]1C(=O)N[C@@H](CCc1ccccc1)C(=O)NCCCCCO[Si](C)(C)C(C)(C)C. The van der Waals surface area contributed by atoms with Crippen LogP contribution < -0.4 is 10.6 Å². The lowest BCUT2D eigenvalue weighted by molar-refractivity contribution is -0.144. The van der Waals surface area contributed by atoms with E-state index in [1.165, 1.54) is 0 Å². The highest BCUT2D eigenvalue weighted by molar-refractivity contribution is 6.74. The van der Waals surface area contributed by atoms with Gasteiger partial charge >= 0.3 is 5.97 Å². The number of hydrogen-bond acceptors (Lipinski definition) is 6. The van der Waals surface area contributed by atoms with Gasteiger partial charge < -0.3 is 24.5 Å². The van der Waals surface area contributed by atoms with Crippen LogP contribution in [0, 0.1) is 0 Å². The first-order valence-electron chi connectivity index (χ1n) is 13.0. The molecule has 1 heterocycles. The molecule has 1 saturated heterocycles. The third-order valence-corrected chi connectivity index (χ3v) is 11.4. The highest BCUT2D eigenvalue weighted by atomic mass is 28.4. The second-order valence-corrected chi connectivity index (χ2v) is 15.6. The maximum absolute atomic E-state index is 12.9. The van der Waals surface area contributed by atoms with Crippen molar-refractivity contribution in [3.8, 4) is 0 Å².